The van der Waals surface area contributed by atoms with E-state index >= 15 is 0 Å². The minimum absolute atomic E-state index is 0.0330. The van der Waals surface area contributed by atoms with Crippen LogP contribution in [0.2, 0.25) is 4.34 Å². The largest absolute Gasteiger partial charge is 0.352 e. The normalized spacial score (nSPS) is 12.1. The molecule has 1 atom stereocenters. The van der Waals surface area contributed by atoms with Crippen molar-refractivity contribution in [1.82, 2.24) is 10.6 Å². The predicted molar refractivity (Wildman–Crippen MR) is 69.0 cm³/mol. The van der Waals surface area contributed by atoms with Gasteiger partial charge in [0.05, 0.1) is 10.9 Å². The summed E-state index contributed by atoms with van der Waals surface area (Å²) in [6.45, 7) is 6.33. The number of thiophene rings is 1. The average molecular weight is 259 g/mol. The molecule has 1 amide bonds. The highest BCUT2D eigenvalue weighted by atomic mass is 35.5. The van der Waals surface area contributed by atoms with E-state index in [2.05, 4.69) is 17.2 Å². The maximum Gasteiger partial charge on any atom is 0.234 e. The van der Waals surface area contributed by atoms with Crippen LogP contribution in [-0.4, -0.2) is 19.0 Å². The molecule has 1 aromatic rings. The minimum Gasteiger partial charge on any atom is -0.352 e. The van der Waals surface area contributed by atoms with Crippen molar-refractivity contribution in [3.63, 3.8) is 0 Å². The molecule has 0 aliphatic rings. The van der Waals surface area contributed by atoms with E-state index in [4.69, 9.17) is 11.6 Å². The Morgan fingerprint density at radius 1 is 1.69 bits per heavy atom. The lowest BCUT2D eigenvalue weighted by Gasteiger charge is -2.11. The van der Waals surface area contributed by atoms with Crippen LogP contribution in [0.25, 0.3) is 0 Å². The highest BCUT2D eigenvalue weighted by molar-refractivity contribution is 7.16. The molecule has 1 aromatic heterocycles. The van der Waals surface area contributed by atoms with Crippen LogP contribution < -0.4 is 10.6 Å². The Labute approximate surface area is 105 Å². The first-order valence-corrected chi connectivity index (χ1v) is 6.19. The quantitative estimate of drug-likeness (QED) is 0.769. The van der Waals surface area contributed by atoms with Crippen LogP contribution >= 0.6 is 22.9 Å². The van der Waals surface area contributed by atoms with Crippen molar-refractivity contribution in [3.05, 3.63) is 34.0 Å². The third-order valence-electron chi connectivity index (χ3n) is 2.03. The van der Waals surface area contributed by atoms with Crippen molar-refractivity contribution >= 4 is 28.8 Å². The smallest absolute Gasteiger partial charge is 0.234 e. The summed E-state index contributed by atoms with van der Waals surface area (Å²) in [5.74, 6) is -0.0330. The van der Waals surface area contributed by atoms with Gasteiger partial charge in [-0.05, 0) is 19.1 Å². The van der Waals surface area contributed by atoms with Crippen LogP contribution in [0.5, 0.6) is 0 Å². The molecule has 2 N–H and O–H groups in total. The second-order valence-electron chi connectivity index (χ2n) is 3.34. The Balaban J connectivity index is 2.32. The molecule has 0 aromatic carbocycles. The maximum atomic E-state index is 11.3. The van der Waals surface area contributed by atoms with Gasteiger partial charge in [0.25, 0.3) is 0 Å². The topological polar surface area (TPSA) is 41.1 Å². The van der Waals surface area contributed by atoms with Gasteiger partial charge in [0.2, 0.25) is 5.91 Å². The molecule has 0 saturated carbocycles. The fourth-order valence-corrected chi connectivity index (χ4v) is 2.24. The van der Waals surface area contributed by atoms with Crippen LogP contribution in [0.4, 0.5) is 0 Å². The predicted octanol–water partition coefficient (Wildman–Crippen LogP) is 2.35. The summed E-state index contributed by atoms with van der Waals surface area (Å²) < 4.78 is 0.764. The van der Waals surface area contributed by atoms with Gasteiger partial charge >= 0.3 is 0 Å². The third kappa shape index (κ3) is 4.35. The van der Waals surface area contributed by atoms with E-state index < -0.39 is 0 Å². The van der Waals surface area contributed by atoms with Crippen molar-refractivity contribution in [2.45, 2.75) is 13.0 Å². The van der Waals surface area contributed by atoms with E-state index in [1.807, 2.05) is 19.1 Å². The molecule has 16 heavy (non-hydrogen) atoms. The van der Waals surface area contributed by atoms with E-state index in [9.17, 15) is 4.79 Å². The van der Waals surface area contributed by atoms with E-state index in [0.717, 1.165) is 9.21 Å². The summed E-state index contributed by atoms with van der Waals surface area (Å²) in [5, 5.41) is 5.83. The highest BCUT2D eigenvalue weighted by Gasteiger charge is 2.09. The summed E-state index contributed by atoms with van der Waals surface area (Å²) >= 11 is 7.36. The Kier molecular flexibility index (Phi) is 5.52. The molecular weight excluding hydrogens is 244 g/mol. The molecule has 0 spiro atoms. The summed E-state index contributed by atoms with van der Waals surface area (Å²) in [5.41, 5.74) is 0. The van der Waals surface area contributed by atoms with Crippen LogP contribution in [0, 0.1) is 0 Å². The number of amides is 1. The van der Waals surface area contributed by atoms with Gasteiger partial charge in [0.15, 0.2) is 0 Å². The molecule has 0 aliphatic heterocycles. The fourth-order valence-electron chi connectivity index (χ4n) is 1.16. The second kappa shape index (κ2) is 6.68. The molecule has 5 heteroatoms. The van der Waals surface area contributed by atoms with E-state index in [1.54, 1.807) is 6.08 Å². The first-order valence-electron chi connectivity index (χ1n) is 4.99. The lowest BCUT2D eigenvalue weighted by molar-refractivity contribution is -0.120. The van der Waals surface area contributed by atoms with Crippen LogP contribution in [0.1, 0.15) is 17.8 Å². The highest BCUT2D eigenvalue weighted by Crippen LogP contribution is 2.26. The SMILES string of the molecule is C=CCNC(=O)CNC(C)c1ccc(Cl)s1. The second-order valence-corrected chi connectivity index (χ2v) is 5.08. The molecular formula is C11H15ClN2OS. The molecule has 1 heterocycles. The zero-order valence-corrected chi connectivity index (χ0v) is 10.7. The van der Waals surface area contributed by atoms with Crippen LogP contribution in [-0.2, 0) is 4.79 Å². The molecule has 0 radical (unpaired) electrons. The van der Waals surface area contributed by atoms with E-state index in [-0.39, 0.29) is 11.9 Å². The maximum absolute atomic E-state index is 11.3. The number of carbonyl (C=O) groups excluding carboxylic acids is 1. The fraction of sp³-hybridized carbons (Fsp3) is 0.364. The van der Waals surface area contributed by atoms with Gasteiger partial charge in [-0.15, -0.1) is 17.9 Å². The zero-order valence-electron chi connectivity index (χ0n) is 9.13. The van der Waals surface area contributed by atoms with Crippen molar-refractivity contribution in [3.8, 4) is 0 Å². The number of halogens is 1. The van der Waals surface area contributed by atoms with Gasteiger partial charge in [-0.1, -0.05) is 17.7 Å². The summed E-state index contributed by atoms with van der Waals surface area (Å²) in [7, 11) is 0. The molecule has 1 rings (SSSR count). The van der Waals surface area contributed by atoms with Crippen LogP contribution in [0.3, 0.4) is 0 Å². The Morgan fingerprint density at radius 3 is 3.00 bits per heavy atom. The molecule has 0 aliphatic carbocycles. The molecule has 1 unspecified atom stereocenters. The third-order valence-corrected chi connectivity index (χ3v) is 3.45. The number of hydrogen-bond acceptors (Lipinski definition) is 3. The standard InChI is InChI=1S/C11H15ClN2OS/c1-3-6-13-11(15)7-14-8(2)9-4-5-10(12)16-9/h3-5,8,14H,1,6-7H2,2H3,(H,13,15). The molecule has 88 valence electrons. The first kappa shape index (κ1) is 13.2. The Bertz CT molecular complexity index is 365. The molecule has 0 saturated heterocycles. The summed E-state index contributed by atoms with van der Waals surface area (Å²) in [6.07, 6.45) is 1.65. The van der Waals surface area contributed by atoms with Gasteiger partial charge < -0.3 is 10.6 Å². The van der Waals surface area contributed by atoms with Gasteiger partial charge in [0.1, 0.15) is 0 Å². The molecule has 0 fully saturated rings. The Hall–Kier alpha value is -0.840. The van der Waals surface area contributed by atoms with Gasteiger partial charge in [0, 0.05) is 17.5 Å². The first-order chi connectivity index (χ1) is 7.63. The van der Waals surface area contributed by atoms with Crippen molar-refractivity contribution < 1.29 is 4.79 Å². The summed E-state index contributed by atoms with van der Waals surface area (Å²) in [4.78, 5) is 12.4. The van der Waals surface area contributed by atoms with Crippen LogP contribution in [0.15, 0.2) is 24.8 Å². The van der Waals surface area contributed by atoms with Crippen molar-refractivity contribution in [2.24, 2.45) is 0 Å². The number of hydrogen-bond donors (Lipinski definition) is 2. The molecule has 3 nitrogen and oxygen atoms in total. The summed E-state index contributed by atoms with van der Waals surface area (Å²) in [6, 6.07) is 3.95. The van der Waals surface area contributed by atoms with E-state index in [0.29, 0.717) is 13.1 Å². The Morgan fingerprint density at radius 2 is 2.44 bits per heavy atom. The monoisotopic (exact) mass is 258 g/mol. The lowest BCUT2D eigenvalue weighted by Crippen LogP contribution is -2.34. The lowest BCUT2D eigenvalue weighted by atomic mass is 10.3. The average Bonchev–Trinajstić information content (AvgIpc) is 2.69. The van der Waals surface area contributed by atoms with Crippen molar-refractivity contribution in [1.29, 1.82) is 0 Å². The van der Waals surface area contributed by atoms with Crippen molar-refractivity contribution in [2.75, 3.05) is 13.1 Å². The minimum atomic E-state index is -0.0330. The number of rotatable bonds is 6. The number of nitrogens with one attached hydrogen (secondary N) is 2. The zero-order chi connectivity index (χ0) is 12.0. The molecule has 0 bridgehead atoms. The van der Waals surface area contributed by atoms with Gasteiger partial charge in [-0.2, -0.15) is 0 Å². The van der Waals surface area contributed by atoms with E-state index in [1.165, 1.54) is 11.3 Å². The van der Waals surface area contributed by atoms with Gasteiger partial charge in [-0.25, -0.2) is 0 Å². The number of carbonyl (C=O) groups is 1. The van der Waals surface area contributed by atoms with Gasteiger partial charge in [-0.3, -0.25) is 4.79 Å².